The highest BCUT2D eigenvalue weighted by Crippen LogP contribution is 2.46. The van der Waals surface area contributed by atoms with Crippen LogP contribution in [0.5, 0.6) is 0 Å². The average Bonchev–Trinajstić information content (AvgIpc) is 2.36. The Balaban J connectivity index is 2.61. The molecular weight excluding hydrogens is 304 g/mol. The van der Waals surface area contributed by atoms with Crippen molar-refractivity contribution in [2.24, 2.45) is 11.8 Å². The average molecular weight is 323 g/mol. The predicted molar refractivity (Wildman–Crippen MR) is 82.8 cm³/mol. The van der Waals surface area contributed by atoms with E-state index in [0.717, 1.165) is 0 Å². The van der Waals surface area contributed by atoms with Gasteiger partial charge in [0.1, 0.15) is 17.3 Å². The number of carbonyl (C=O) groups excluding carboxylic acids is 3. The topological polar surface area (TPSA) is 71.4 Å². The second kappa shape index (κ2) is 5.94. The Morgan fingerprint density at radius 3 is 2.18 bits per heavy atom. The first-order valence-electron chi connectivity index (χ1n) is 7.16. The fourth-order valence-corrected chi connectivity index (χ4v) is 3.72. The third kappa shape index (κ3) is 2.99. The van der Waals surface area contributed by atoms with Gasteiger partial charge < -0.3 is 5.11 Å². The number of hydrogen-bond acceptors (Lipinski definition) is 4. The van der Waals surface area contributed by atoms with E-state index in [0.29, 0.717) is 10.6 Å². The van der Waals surface area contributed by atoms with Crippen molar-refractivity contribution >= 4 is 29.0 Å². The van der Waals surface area contributed by atoms with Crippen molar-refractivity contribution in [2.75, 3.05) is 0 Å². The van der Waals surface area contributed by atoms with Gasteiger partial charge in [-0.15, -0.1) is 0 Å². The zero-order valence-electron chi connectivity index (χ0n) is 12.8. The smallest absolute Gasteiger partial charge is 0.146 e. The molecule has 0 saturated heterocycles. The number of aliphatic hydroxyl groups is 1. The van der Waals surface area contributed by atoms with Crippen LogP contribution in [0.4, 0.5) is 0 Å². The minimum absolute atomic E-state index is 0.189. The van der Waals surface area contributed by atoms with Crippen LogP contribution in [0.1, 0.15) is 38.7 Å². The van der Waals surface area contributed by atoms with Crippen LogP contribution in [0.25, 0.3) is 0 Å². The van der Waals surface area contributed by atoms with Crippen LogP contribution in [-0.4, -0.2) is 28.1 Å². The molecule has 118 valence electrons. The summed E-state index contributed by atoms with van der Waals surface area (Å²) in [6.07, 6.45) is -0.189. The fraction of sp³-hybridized carbons (Fsp3) is 0.471. The number of ketones is 3. The van der Waals surface area contributed by atoms with Crippen molar-refractivity contribution in [2.45, 2.75) is 38.7 Å². The van der Waals surface area contributed by atoms with Gasteiger partial charge in [0.05, 0.1) is 17.4 Å². The van der Waals surface area contributed by atoms with E-state index in [1.165, 1.54) is 20.8 Å². The summed E-state index contributed by atoms with van der Waals surface area (Å²) in [6, 6.07) is 6.71. The molecule has 0 amide bonds. The van der Waals surface area contributed by atoms with Gasteiger partial charge in [0, 0.05) is 17.4 Å². The summed E-state index contributed by atoms with van der Waals surface area (Å²) in [5.74, 6) is -3.22. The van der Waals surface area contributed by atoms with E-state index in [-0.39, 0.29) is 23.8 Å². The Kier molecular flexibility index (Phi) is 4.54. The van der Waals surface area contributed by atoms with E-state index in [4.69, 9.17) is 11.6 Å². The highest BCUT2D eigenvalue weighted by Gasteiger charge is 2.53. The molecule has 0 radical (unpaired) electrons. The van der Waals surface area contributed by atoms with Crippen molar-refractivity contribution < 1.29 is 19.5 Å². The molecule has 1 saturated carbocycles. The van der Waals surface area contributed by atoms with Crippen LogP contribution in [0.2, 0.25) is 5.02 Å². The Bertz CT molecular complexity index is 618. The minimum atomic E-state index is -1.46. The quantitative estimate of drug-likeness (QED) is 0.868. The molecule has 4 atom stereocenters. The number of Topliss-reactive ketones (excluding diaryl/α,β-unsaturated/α-hetero) is 3. The van der Waals surface area contributed by atoms with Crippen LogP contribution in [0, 0.1) is 11.8 Å². The van der Waals surface area contributed by atoms with Gasteiger partial charge in [-0.3, -0.25) is 14.4 Å². The van der Waals surface area contributed by atoms with E-state index in [9.17, 15) is 19.5 Å². The molecule has 0 aromatic heterocycles. The summed E-state index contributed by atoms with van der Waals surface area (Å²) in [5, 5.41) is 11.1. The molecule has 1 aliphatic rings. The van der Waals surface area contributed by atoms with Gasteiger partial charge in [0.25, 0.3) is 0 Å². The Morgan fingerprint density at radius 2 is 1.73 bits per heavy atom. The van der Waals surface area contributed by atoms with Crippen LogP contribution < -0.4 is 0 Å². The van der Waals surface area contributed by atoms with E-state index in [1.807, 2.05) is 0 Å². The van der Waals surface area contributed by atoms with E-state index >= 15 is 0 Å². The highest BCUT2D eigenvalue weighted by atomic mass is 35.5. The maximum absolute atomic E-state index is 12.4. The largest absolute Gasteiger partial charge is 0.389 e. The Hall–Kier alpha value is -1.52. The van der Waals surface area contributed by atoms with Crippen molar-refractivity contribution in [1.82, 2.24) is 0 Å². The summed E-state index contributed by atoms with van der Waals surface area (Å²) in [4.78, 5) is 36.5. The first-order valence-corrected chi connectivity index (χ1v) is 7.54. The van der Waals surface area contributed by atoms with E-state index in [1.54, 1.807) is 24.3 Å². The second-order valence-corrected chi connectivity index (χ2v) is 6.69. The fourth-order valence-electron chi connectivity index (χ4n) is 3.59. The first-order chi connectivity index (χ1) is 10.1. The van der Waals surface area contributed by atoms with Gasteiger partial charge in [-0.25, -0.2) is 0 Å². The van der Waals surface area contributed by atoms with Crippen LogP contribution in [0.15, 0.2) is 24.3 Å². The lowest BCUT2D eigenvalue weighted by Crippen LogP contribution is -2.53. The molecule has 4 nitrogen and oxygen atoms in total. The normalized spacial score (nSPS) is 31.9. The molecule has 0 unspecified atom stereocenters. The molecule has 1 N–H and O–H groups in total. The molecular formula is C17H19ClO4. The van der Waals surface area contributed by atoms with E-state index < -0.39 is 23.4 Å². The molecule has 0 heterocycles. The van der Waals surface area contributed by atoms with Crippen LogP contribution >= 0.6 is 11.6 Å². The summed E-state index contributed by atoms with van der Waals surface area (Å²) in [5.41, 5.74) is -0.794. The molecule has 0 aliphatic heterocycles. The van der Waals surface area contributed by atoms with Gasteiger partial charge in [0.15, 0.2) is 0 Å². The standard InChI is InChI=1S/C17H19ClO4/c1-9(19)14-13(21)8-17(3,22)16(10(2)20)15(14)11-4-6-12(18)7-5-11/h4-7,14-16,22H,8H2,1-3H3/t14-,15+,16-,17-/m1/s1. The third-order valence-electron chi connectivity index (χ3n) is 4.40. The van der Waals surface area contributed by atoms with Crippen LogP contribution in [-0.2, 0) is 14.4 Å². The van der Waals surface area contributed by atoms with Crippen molar-refractivity contribution in [3.8, 4) is 0 Å². The molecule has 0 bridgehead atoms. The lowest BCUT2D eigenvalue weighted by molar-refractivity contribution is -0.151. The molecule has 1 aliphatic carbocycles. The summed E-state index contributed by atoms with van der Waals surface area (Å²) in [7, 11) is 0. The van der Waals surface area contributed by atoms with Gasteiger partial charge in [-0.1, -0.05) is 23.7 Å². The van der Waals surface area contributed by atoms with Crippen molar-refractivity contribution in [3.63, 3.8) is 0 Å². The Morgan fingerprint density at radius 1 is 1.18 bits per heavy atom. The zero-order chi connectivity index (χ0) is 16.7. The monoisotopic (exact) mass is 322 g/mol. The predicted octanol–water partition coefficient (Wildman–Crippen LogP) is 2.56. The van der Waals surface area contributed by atoms with Crippen LogP contribution in [0.3, 0.4) is 0 Å². The number of hydrogen-bond donors (Lipinski definition) is 1. The third-order valence-corrected chi connectivity index (χ3v) is 4.65. The number of rotatable bonds is 3. The SMILES string of the molecule is CC(=O)[C@@H]1C(=O)C[C@@](C)(O)[C@H](C(C)=O)[C@H]1c1ccc(Cl)cc1. The maximum atomic E-state index is 12.4. The molecule has 1 aromatic carbocycles. The maximum Gasteiger partial charge on any atom is 0.146 e. The summed E-state index contributed by atoms with van der Waals surface area (Å²) in [6.45, 7) is 4.22. The molecule has 22 heavy (non-hydrogen) atoms. The lowest BCUT2D eigenvalue weighted by atomic mass is 9.60. The minimum Gasteiger partial charge on any atom is -0.389 e. The highest BCUT2D eigenvalue weighted by molar-refractivity contribution is 6.30. The van der Waals surface area contributed by atoms with Crippen molar-refractivity contribution in [3.05, 3.63) is 34.9 Å². The number of carbonyl (C=O) groups is 3. The summed E-state index contributed by atoms with van der Waals surface area (Å²) >= 11 is 5.88. The first kappa shape index (κ1) is 16.8. The summed E-state index contributed by atoms with van der Waals surface area (Å²) < 4.78 is 0. The molecule has 1 aromatic rings. The number of halogens is 1. The van der Waals surface area contributed by atoms with Crippen molar-refractivity contribution in [1.29, 1.82) is 0 Å². The van der Waals surface area contributed by atoms with Gasteiger partial charge in [-0.2, -0.15) is 0 Å². The molecule has 1 fully saturated rings. The van der Waals surface area contributed by atoms with Gasteiger partial charge in [0.2, 0.25) is 0 Å². The molecule has 5 heteroatoms. The van der Waals surface area contributed by atoms with Gasteiger partial charge >= 0.3 is 0 Å². The lowest BCUT2D eigenvalue weighted by Gasteiger charge is -2.44. The number of benzene rings is 1. The molecule has 0 spiro atoms. The van der Waals surface area contributed by atoms with Gasteiger partial charge in [-0.05, 0) is 38.5 Å². The second-order valence-electron chi connectivity index (χ2n) is 6.25. The van der Waals surface area contributed by atoms with E-state index in [2.05, 4.69) is 0 Å². The Labute approximate surface area is 134 Å². The zero-order valence-corrected chi connectivity index (χ0v) is 13.6. The molecule has 2 rings (SSSR count).